The Bertz CT molecular complexity index is 168. The van der Waals surface area contributed by atoms with Crippen molar-refractivity contribution in [3.63, 3.8) is 0 Å². The molecule has 5 nitrogen and oxygen atoms in total. The van der Waals surface area contributed by atoms with Crippen LogP contribution in [0.2, 0.25) is 0 Å². The van der Waals surface area contributed by atoms with E-state index in [1.807, 2.05) is 13.8 Å². The van der Waals surface area contributed by atoms with Gasteiger partial charge in [-0.05, 0) is 20.9 Å². The topological polar surface area (TPSA) is 54.0 Å². The molecule has 0 radical (unpaired) electrons. The van der Waals surface area contributed by atoms with Crippen molar-refractivity contribution in [3.05, 3.63) is 0 Å². The number of nitrogens with zero attached hydrogens (tertiary/aromatic N) is 1. The highest BCUT2D eigenvalue weighted by atomic mass is 16.5. The van der Waals surface area contributed by atoms with Crippen LogP contribution in [0.5, 0.6) is 0 Å². The van der Waals surface area contributed by atoms with Crippen LogP contribution in [0.15, 0.2) is 0 Å². The van der Waals surface area contributed by atoms with Gasteiger partial charge < -0.3 is 24.8 Å². The summed E-state index contributed by atoms with van der Waals surface area (Å²) in [5, 5.41) is 12.8. The molecule has 1 atom stereocenters. The Hall–Kier alpha value is -0.200. The van der Waals surface area contributed by atoms with Gasteiger partial charge in [0.2, 0.25) is 0 Å². The molecule has 0 aliphatic carbocycles. The van der Waals surface area contributed by atoms with Crippen LogP contribution in [0.3, 0.4) is 0 Å². The first-order chi connectivity index (χ1) is 8.06. The monoisotopic (exact) mass is 248 g/mol. The lowest BCUT2D eigenvalue weighted by Crippen LogP contribution is -2.36. The Morgan fingerprint density at radius 3 is 2.59 bits per heavy atom. The molecule has 0 saturated carbocycles. The van der Waals surface area contributed by atoms with Crippen molar-refractivity contribution < 1.29 is 14.6 Å². The highest BCUT2D eigenvalue weighted by Gasteiger charge is 2.05. The molecule has 0 fully saturated rings. The zero-order chi connectivity index (χ0) is 13.1. The maximum absolute atomic E-state index is 9.58. The van der Waals surface area contributed by atoms with Crippen molar-refractivity contribution in [1.82, 2.24) is 10.2 Å². The van der Waals surface area contributed by atoms with E-state index >= 15 is 0 Å². The third-order valence-corrected chi connectivity index (χ3v) is 2.35. The maximum atomic E-state index is 9.58. The number of rotatable bonds is 11. The first kappa shape index (κ1) is 16.8. The first-order valence-corrected chi connectivity index (χ1v) is 6.24. The number of likely N-dealkylation sites (N-methyl/N-ethyl adjacent to an activating group) is 1. The molecule has 104 valence electrons. The molecule has 0 aromatic rings. The summed E-state index contributed by atoms with van der Waals surface area (Å²) in [5.41, 5.74) is 0. The maximum Gasteiger partial charge on any atom is 0.0897 e. The van der Waals surface area contributed by atoms with Crippen molar-refractivity contribution in [2.45, 2.75) is 26.1 Å². The Morgan fingerprint density at radius 2 is 2.00 bits per heavy atom. The average Bonchev–Trinajstić information content (AvgIpc) is 2.29. The zero-order valence-electron chi connectivity index (χ0n) is 11.6. The van der Waals surface area contributed by atoms with Gasteiger partial charge in [-0.2, -0.15) is 0 Å². The molecular formula is C12H28N2O3. The second kappa shape index (κ2) is 10.9. The SMILES string of the molecule is COCCN(C)CCNCC(O)COC(C)C. The molecule has 2 N–H and O–H groups in total. The fraction of sp³-hybridized carbons (Fsp3) is 1.00. The van der Waals surface area contributed by atoms with Crippen LogP contribution in [-0.2, 0) is 9.47 Å². The molecular weight excluding hydrogens is 220 g/mol. The number of methoxy groups -OCH3 is 1. The van der Waals surface area contributed by atoms with E-state index in [4.69, 9.17) is 9.47 Å². The average molecular weight is 248 g/mol. The van der Waals surface area contributed by atoms with E-state index in [-0.39, 0.29) is 6.10 Å². The summed E-state index contributed by atoms with van der Waals surface area (Å²) in [6, 6.07) is 0. The number of hydrogen-bond donors (Lipinski definition) is 2. The Labute approximate surface area is 105 Å². The summed E-state index contributed by atoms with van der Waals surface area (Å²) in [6.07, 6.45) is -0.258. The van der Waals surface area contributed by atoms with Gasteiger partial charge in [0.25, 0.3) is 0 Å². The number of aliphatic hydroxyl groups excluding tert-OH is 1. The largest absolute Gasteiger partial charge is 0.389 e. The van der Waals surface area contributed by atoms with Crippen molar-refractivity contribution in [2.75, 3.05) is 53.6 Å². The van der Waals surface area contributed by atoms with Crippen LogP contribution < -0.4 is 5.32 Å². The van der Waals surface area contributed by atoms with E-state index in [1.54, 1.807) is 7.11 Å². The van der Waals surface area contributed by atoms with E-state index in [1.165, 1.54) is 0 Å². The highest BCUT2D eigenvalue weighted by molar-refractivity contribution is 4.61. The first-order valence-electron chi connectivity index (χ1n) is 6.24. The standard InChI is InChI=1S/C12H28N2O3/c1-11(2)17-10-12(15)9-13-5-6-14(3)7-8-16-4/h11-13,15H,5-10H2,1-4H3. The van der Waals surface area contributed by atoms with Crippen LogP contribution in [0, 0.1) is 0 Å². The van der Waals surface area contributed by atoms with Gasteiger partial charge in [0.15, 0.2) is 0 Å². The van der Waals surface area contributed by atoms with Crippen molar-refractivity contribution in [1.29, 1.82) is 0 Å². The van der Waals surface area contributed by atoms with Gasteiger partial charge in [0.05, 0.1) is 25.4 Å². The molecule has 0 aliphatic heterocycles. The van der Waals surface area contributed by atoms with Gasteiger partial charge >= 0.3 is 0 Å². The Kier molecular flexibility index (Phi) is 10.8. The molecule has 0 heterocycles. The molecule has 0 aliphatic rings. The number of nitrogens with one attached hydrogen (secondary N) is 1. The number of hydrogen-bond acceptors (Lipinski definition) is 5. The normalized spacial score (nSPS) is 13.6. The molecule has 0 saturated heterocycles. The molecule has 0 rings (SSSR count). The van der Waals surface area contributed by atoms with E-state index in [0.717, 1.165) is 26.2 Å². The molecule has 0 amide bonds. The van der Waals surface area contributed by atoms with Gasteiger partial charge in [-0.1, -0.05) is 0 Å². The minimum atomic E-state index is -0.429. The number of ether oxygens (including phenoxy) is 2. The van der Waals surface area contributed by atoms with Gasteiger partial charge in [-0.15, -0.1) is 0 Å². The molecule has 17 heavy (non-hydrogen) atoms. The Morgan fingerprint density at radius 1 is 1.29 bits per heavy atom. The van der Waals surface area contributed by atoms with Gasteiger partial charge in [-0.25, -0.2) is 0 Å². The van der Waals surface area contributed by atoms with E-state index in [9.17, 15) is 5.11 Å². The quantitative estimate of drug-likeness (QED) is 0.502. The molecule has 0 bridgehead atoms. The van der Waals surface area contributed by atoms with Gasteiger partial charge in [0.1, 0.15) is 0 Å². The van der Waals surface area contributed by atoms with Crippen LogP contribution in [-0.4, -0.2) is 75.8 Å². The van der Waals surface area contributed by atoms with Crippen LogP contribution in [0.25, 0.3) is 0 Å². The van der Waals surface area contributed by atoms with Crippen LogP contribution in [0.1, 0.15) is 13.8 Å². The second-order valence-corrected chi connectivity index (χ2v) is 4.54. The van der Waals surface area contributed by atoms with Crippen molar-refractivity contribution in [3.8, 4) is 0 Å². The summed E-state index contributed by atoms with van der Waals surface area (Å²) in [7, 11) is 3.76. The van der Waals surface area contributed by atoms with E-state index in [2.05, 4.69) is 17.3 Å². The van der Waals surface area contributed by atoms with Crippen molar-refractivity contribution in [2.24, 2.45) is 0 Å². The molecule has 0 aromatic heterocycles. The van der Waals surface area contributed by atoms with Gasteiger partial charge in [-0.3, -0.25) is 0 Å². The van der Waals surface area contributed by atoms with E-state index in [0.29, 0.717) is 13.2 Å². The molecule has 5 heteroatoms. The second-order valence-electron chi connectivity index (χ2n) is 4.54. The lowest BCUT2D eigenvalue weighted by Gasteiger charge is -2.18. The lowest BCUT2D eigenvalue weighted by molar-refractivity contribution is 0.00632. The van der Waals surface area contributed by atoms with Gasteiger partial charge in [0, 0.05) is 33.3 Å². The smallest absolute Gasteiger partial charge is 0.0897 e. The minimum absolute atomic E-state index is 0.171. The molecule has 1 unspecified atom stereocenters. The number of aliphatic hydroxyl groups is 1. The molecule has 0 spiro atoms. The third-order valence-electron chi connectivity index (χ3n) is 2.35. The fourth-order valence-electron chi connectivity index (χ4n) is 1.26. The van der Waals surface area contributed by atoms with Crippen molar-refractivity contribution >= 4 is 0 Å². The lowest BCUT2D eigenvalue weighted by atomic mass is 10.3. The third kappa shape index (κ3) is 12.1. The van der Waals surface area contributed by atoms with E-state index < -0.39 is 6.10 Å². The highest BCUT2D eigenvalue weighted by Crippen LogP contribution is 1.90. The molecule has 0 aromatic carbocycles. The van der Waals surface area contributed by atoms with Crippen LogP contribution >= 0.6 is 0 Å². The fourth-order valence-corrected chi connectivity index (χ4v) is 1.26. The Balaban J connectivity index is 3.31. The minimum Gasteiger partial charge on any atom is -0.389 e. The van der Waals surface area contributed by atoms with Crippen LogP contribution in [0.4, 0.5) is 0 Å². The summed E-state index contributed by atoms with van der Waals surface area (Å²) < 4.78 is 10.3. The summed E-state index contributed by atoms with van der Waals surface area (Å²) >= 11 is 0. The predicted octanol–water partition coefficient (Wildman–Crippen LogP) is -0.0599. The summed E-state index contributed by atoms with van der Waals surface area (Å²) in [4.78, 5) is 2.19. The zero-order valence-corrected chi connectivity index (χ0v) is 11.6. The summed E-state index contributed by atoms with van der Waals surface area (Å²) in [6.45, 7) is 8.38. The summed E-state index contributed by atoms with van der Waals surface area (Å²) in [5.74, 6) is 0. The predicted molar refractivity (Wildman–Crippen MR) is 69.3 cm³/mol.